The van der Waals surface area contributed by atoms with Crippen LogP contribution in [0, 0.1) is 0 Å². The predicted molar refractivity (Wildman–Crippen MR) is 49.3 cm³/mol. The molecule has 0 amide bonds. The molecular weight excluding hydrogens is 822 g/mol. The van der Waals surface area contributed by atoms with Crippen LogP contribution < -0.4 is 258 Å². The second kappa shape index (κ2) is 26.5. The number of hydrogen-bond acceptors (Lipinski definition) is 12. The van der Waals surface area contributed by atoms with Gasteiger partial charge in [0.1, 0.15) is 0 Å². The molecule has 0 heterocycles. The average molecular weight is 826 g/mol. The maximum Gasteiger partial charge on any atom is 1.00 e. The number of rotatable bonds is 0. The Morgan fingerprint density at radius 2 is 0.458 bits per heavy atom. The van der Waals surface area contributed by atoms with Gasteiger partial charge in [-0.3, -0.25) is 35.0 Å². The second-order valence-electron chi connectivity index (χ2n) is 1.71. The van der Waals surface area contributed by atoms with E-state index >= 15 is 0 Å². The Kier molecular flexibility index (Phi) is 58.5. The molecule has 0 radical (unpaired) electrons. The Bertz CT molecular complexity index is 486. The van der Waals surface area contributed by atoms with E-state index in [0.717, 1.165) is 0 Å². The third-order valence-electron chi connectivity index (χ3n) is 0. The van der Waals surface area contributed by atoms with Gasteiger partial charge in [0.2, 0.25) is 0 Å². The van der Waals surface area contributed by atoms with Crippen LogP contribution in [0.25, 0.3) is 0 Å². The van der Waals surface area contributed by atoms with Crippen LogP contribution >= 0.6 is 0 Å². The van der Waals surface area contributed by atoms with E-state index in [9.17, 15) is 0 Å². The van der Waals surface area contributed by atoms with Crippen LogP contribution in [0.3, 0.4) is 0 Å². The van der Waals surface area contributed by atoms with Crippen molar-refractivity contribution < 1.29 is 328 Å². The number of hydrogen-bond donors (Lipinski definition) is 4. The van der Waals surface area contributed by atoms with Crippen LogP contribution in [-0.2, 0) is 41.6 Å². The molecule has 128 valence electrons. The molecule has 0 aromatic carbocycles. The monoisotopic (exact) mass is 826 g/mol. The summed E-state index contributed by atoms with van der Waals surface area (Å²) >= 11 is 0. The van der Waals surface area contributed by atoms with Gasteiger partial charge in [0.05, 0.1) is 0 Å². The Hall–Kier alpha value is 7.27. The van der Waals surface area contributed by atoms with Gasteiger partial charge in [0, 0.05) is 20.8 Å². The fourth-order valence-corrected chi connectivity index (χ4v) is 0. The Morgan fingerprint density at radius 1 is 0.458 bits per heavy atom. The molecule has 0 spiro atoms. The third-order valence-corrected chi connectivity index (χ3v) is 0. The van der Waals surface area contributed by atoms with Gasteiger partial charge in [-0.05, 0) is 0 Å². The molecule has 0 saturated heterocycles. The topological polar surface area (TPSA) is 310 Å². The quantitative estimate of drug-likeness (QED) is 0.100. The minimum absolute atomic E-state index is 0. The summed E-state index contributed by atoms with van der Waals surface area (Å²) in [6.45, 7) is 0. The molecule has 24 heteroatoms. The molecule has 0 atom stereocenters. The Labute approximate surface area is 357 Å². The molecular formula is H4Cs3KO16S4. The van der Waals surface area contributed by atoms with Crippen LogP contribution in [0.2, 0.25) is 0 Å². The van der Waals surface area contributed by atoms with E-state index in [1.54, 1.807) is 0 Å². The van der Waals surface area contributed by atoms with E-state index in [2.05, 4.69) is 0 Å². The van der Waals surface area contributed by atoms with Crippen molar-refractivity contribution in [2.45, 2.75) is 0 Å². The van der Waals surface area contributed by atoms with E-state index in [4.69, 9.17) is 70.1 Å². The molecule has 16 nitrogen and oxygen atoms in total. The minimum Gasteiger partial charge on any atom is -0.759 e. The van der Waals surface area contributed by atoms with Crippen molar-refractivity contribution in [1.82, 2.24) is 0 Å². The van der Waals surface area contributed by atoms with Crippen LogP contribution in [0.5, 0.6) is 0 Å². The largest absolute Gasteiger partial charge is 1.00 e. The van der Waals surface area contributed by atoms with Crippen molar-refractivity contribution in [3.63, 3.8) is 0 Å². The molecule has 0 rings (SSSR count). The summed E-state index contributed by atoms with van der Waals surface area (Å²) in [6, 6.07) is 0. The fraction of sp³-hybridized carbons (Fsp3) is 0. The van der Waals surface area contributed by atoms with E-state index in [1.807, 2.05) is 0 Å². The minimum atomic E-state index is -5.17. The fourth-order valence-electron chi connectivity index (χ4n) is 0. The molecule has 0 aliphatic heterocycles. The van der Waals surface area contributed by atoms with Crippen LogP contribution in [0.15, 0.2) is 0 Å². The first kappa shape index (κ1) is 52.9. The first-order chi connectivity index (χ1) is 8.00. The second-order valence-corrected chi connectivity index (χ2v) is 5.14. The maximum absolute atomic E-state index is 8.74. The molecule has 0 aliphatic carbocycles. The van der Waals surface area contributed by atoms with Crippen molar-refractivity contribution in [1.29, 1.82) is 0 Å². The van der Waals surface area contributed by atoms with Crippen LogP contribution in [-0.4, -0.2) is 70.1 Å². The summed E-state index contributed by atoms with van der Waals surface area (Å²) in [5.41, 5.74) is 0. The van der Waals surface area contributed by atoms with Crippen LogP contribution in [0.1, 0.15) is 0 Å². The van der Waals surface area contributed by atoms with Gasteiger partial charge in [-0.1, -0.05) is 0 Å². The molecule has 0 unspecified atom stereocenters. The van der Waals surface area contributed by atoms with Gasteiger partial charge in [-0.25, -0.2) is 0 Å². The molecule has 0 bridgehead atoms. The standard InChI is InChI=1S/3Cs.K.4H2O4S/c;;;;4*1-5(2,3)4/h;;;;4*(H2,1,2,3,4)/q4*+1;;;;/p-4. The van der Waals surface area contributed by atoms with E-state index in [1.165, 1.54) is 0 Å². The summed E-state index contributed by atoms with van der Waals surface area (Å²) in [4.78, 5) is 0. The molecule has 24 heavy (non-hydrogen) atoms. The summed E-state index contributed by atoms with van der Waals surface area (Å²) in [7, 11) is -19.7. The van der Waals surface area contributed by atoms with E-state index in [0.29, 0.717) is 0 Å². The van der Waals surface area contributed by atoms with Crippen molar-refractivity contribution in [3.05, 3.63) is 0 Å². The van der Waals surface area contributed by atoms with Gasteiger partial charge in [0.25, 0.3) is 0 Å². The summed E-state index contributed by atoms with van der Waals surface area (Å²) in [5, 5.41) is 0. The molecule has 4 N–H and O–H groups in total. The van der Waals surface area contributed by atoms with Gasteiger partial charge in [-0.2, -0.15) is 16.8 Å². The zero-order valence-corrected chi connectivity index (χ0v) is 37.6. The normalized spacial score (nSPS) is 9.67. The zero-order valence-electron chi connectivity index (χ0n) is 12.3. The van der Waals surface area contributed by atoms with E-state index < -0.39 is 41.6 Å². The first-order valence-electron chi connectivity index (χ1n) is 2.73. The van der Waals surface area contributed by atoms with Crippen molar-refractivity contribution in [2.24, 2.45) is 0 Å². The first-order valence-corrected chi connectivity index (χ1v) is 8.19. The average Bonchev–Trinajstić information content (AvgIpc) is 1.62. The summed E-state index contributed by atoms with van der Waals surface area (Å²) in [6.07, 6.45) is 0. The molecule has 0 fully saturated rings. The van der Waals surface area contributed by atoms with Crippen LogP contribution in [0.4, 0.5) is 0 Å². The molecule has 0 aromatic rings. The van der Waals surface area contributed by atoms with Crippen molar-refractivity contribution in [3.8, 4) is 0 Å². The maximum atomic E-state index is 8.74. The van der Waals surface area contributed by atoms with Crippen molar-refractivity contribution >= 4 is 41.6 Å². The summed E-state index contributed by atoms with van der Waals surface area (Å²) in [5.74, 6) is 0. The predicted octanol–water partition coefficient (Wildman–Crippen LogP) is -16.0. The van der Waals surface area contributed by atoms with Gasteiger partial charge in [0.15, 0.2) is 0 Å². The zero-order chi connectivity index (χ0) is 18.0. The van der Waals surface area contributed by atoms with E-state index in [-0.39, 0.29) is 258 Å². The molecule has 0 saturated carbocycles. The Balaban J connectivity index is -0.0000000225. The molecule has 0 aromatic heterocycles. The summed E-state index contributed by atoms with van der Waals surface area (Å²) < 4.78 is 131. The van der Waals surface area contributed by atoms with Gasteiger partial charge in [-0.15, -0.1) is 0 Å². The smallest absolute Gasteiger partial charge is 0.759 e. The Morgan fingerprint density at radius 3 is 0.458 bits per heavy atom. The van der Waals surface area contributed by atoms with Crippen molar-refractivity contribution in [2.75, 3.05) is 0 Å². The SMILES string of the molecule is O=S(=O)(O)O.O=S(=O)(O)O.O=S(=O)([O-])[O-].O=S(=O)([O-])[O-].[Cs+].[Cs+].[Cs+].[K+]. The third kappa shape index (κ3) is 442. The van der Waals surface area contributed by atoms with Gasteiger partial charge >= 0.3 is 279 Å². The van der Waals surface area contributed by atoms with Gasteiger partial charge < -0.3 is 18.2 Å². The molecule has 0 aliphatic rings.